The van der Waals surface area contributed by atoms with Gasteiger partial charge in [-0.05, 0) is 25.7 Å². The minimum Gasteiger partial charge on any atom is -0.353 e. The Labute approximate surface area is 158 Å². The first-order valence-corrected chi connectivity index (χ1v) is 9.80. The summed E-state index contributed by atoms with van der Waals surface area (Å²) in [6.45, 7) is 0. The van der Waals surface area contributed by atoms with Crippen molar-refractivity contribution in [2.45, 2.75) is 63.8 Å². The highest BCUT2D eigenvalue weighted by atomic mass is 35.5. The van der Waals surface area contributed by atoms with Crippen LogP contribution in [0, 0.1) is 11.8 Å². The van der Waals surface area contributed by atoms with Crippen molar-refractivity contribution in [3.05, 3.63) is 21.7 Å². The maximum absolute atomic E-state index is 12.7. The lowest BCUT2D eigenvalue weighted by molar-refractivity contribution is -0.134. The second-order valence-corrected chi connectivity index (χ2v) is 8.07. The predicted octanol–water partition coefficient (Wildman–Crippen LogP) is 5.25. The molecular formula is C18H24Cl3NO2. The fraction of sp³-hybridized carbons (Fsp3) is 0.667. The minimum atomic E-state index is -0.359. The van der Waals surface area contributed by atoms with Crippen LogP contribution in [-0.2, 0) is 9.59 Å². The molecule has 24 heavy (non-hydrogen) atoms. The molecule has 6 heteroatoms. The second kappa shape index (κ2) is 9.84. The molecule has 134 valence electrons. The molecule has 1 N–H and O–H groups in total. The molecule has 0 aliphatic heterocycles. The van der Waals surface area contributed by atoms with Crippen molar-refractivity contribution in [3.63, 3.8) is 0 Å². The highest BCUT2D eigenvalue weighted by Gasteiger charge is 2.34. The van der Waals surface area contributed by atoms with E-state index in [9.17, 15) is 9.59 Å². The second-order valence-electron chi connectivity index (χ2n) is 6.66. The summed E-state index contributed by atoms with van der Waals surface area (Å²) in [5, 5.41) is 3.31. The topological polar surface area (TPSA) is 46.2 Å². The Morgan fingerprint density at radius 1 is 0.917 bits per heavy atom. The fourth-order valence-electron chi connectivity index (χ4n) is 3.54. The molecule has 2 aliphatic rings. The molecule has 2 rings (SSSR count). The van der Waals surface area contributed by atoms with Crippen molar-refractivity contribution < 1.29 is 9.59 Å². The monoisotopic (exact) mass is 391 g/mol. The zero-order valence-electron chi connectivity index (χ0n) is 13.7. The van der Waals surface area contributed by atoms with Crippen LogP contribution >= 0.6 is 34.8 Å². The number of carbonyl (C=O) groups excluding carboxylic acids is 2. The average Bonchev–Trinajstić information content (AvgIpc) is 2.83. The van der Waals surface area contributed by atoms with Gasteiger partial charge >= 0.3 is 0 Å². The Morgan fingerprint density at radius 3 is 2.08 bits per heavy atom. The smallest absolute Gasteiger partial charge is 0.224 e. The largest absolute Gasteiger partial charge is 0.353 e. The van der Waals surface area contributed by atoms with E-state index in [1.54, 1.807) is 0 Å². The summed E-state index contributed by atoms with van der Waals surface area (Å²) in [6.07, 6.45) is 11.9. The van der Waals surface area contributed by atoms with Gasteiger partial charge in [-0.2, -0.15) is 0 Å². The first-order chi connectivity index (χ1) is 11.5. The molecule has 1 amide bonds. The summed E-state index contributed by atoms with van der Waals surface area (Å²) >= 11 is 17.2. The first-order valence-electron chi connectivity index (χ1n) is 8.66. The van der Waals surface area contributed by atoms with Crippen LogP contribution in [0.4, 0.5) is 0 Å². The summed E-state index contributed by atoms with van der Waals surface area (Å²) in [7, 11) is 0. The van der Waals surface area contributed by atoms with Gasteiger partial charge < -0.3 is 5.32 Å². The Kier molecular flexibility index (Phi) is 8.12. The van der Waals surface area contributed by atoms with Gasteiger partial charge in [0.05, 0.1) is 11.0 Å². The van der Waals surface area contributed by atoms with Crippen LogP contribution in [0.3, 0.4) is 0 Å². The lowest BCUT2D eigenvalue weighted by Crippen LogP contribution is -2.43. The molecular weight excluding hydrogens is 369 g/mol. The number of Topliss-reactive ketones (excluding diaryl/α,β-unsaturated/α-hetero) is 1. The summed E-state index contributed by atoms with van der Waals surface area (Å²) in [6, 6.07) is 0.238. The van der Waals surface area contributed by atoms with E-state index in [0.29, 0.717) is 12.8 Å². The summed E-state index contributed by atoms with van der Waals surface area (Å²) < 4.78 is -0.0872. The quantitative estimate of drug-likeness (QED) is 0.513. The van der Waals surface area contributed by atoms with E-state index in [0.717, 1.165) is 25.7 Å². The van der Waals surface area contributed by atoms with Gasteiger partial charge in [-0.1, -0.05) is 72.6 Å². The van der Waals surface area contributed by atoms with Gasteiger partial charge in [0, 0.05) is 18.4 Å². The third kappa shape index (κ3) is 5.79. The number of carbonyl (C=O) groups is 2. The highest BCUT2D eigenvalue weighted by molar-refractivity contribution is 6.59. The van der Waals surface area contributed by atoms with Crippen molar-refractivity contribution in [1.82, 2.24) is 5.32 Å². The number of allylic oxidation sites excluding steroid dienone is 3. The number of hydrogen-bond acceptors (Lipinski definition) is 2. The van der Waals surface area contributed by atoms with Crippen LogP contribution < -0.4 is 5.32 Å². The maximum Gasteiger partial charge on any atom is 0.224 e. The van der Waals surface area contributed by atoms with Gasteiger partial charge in [0.15, 0.2) is 0 Å². The van der Waals surface area contributed by atoms with Crippen LogP contribution in [0.5, 0.6) is 0 Å². The van der Waals surface area contributed by atoms with E-state index >= 15 is 0 Å². The molecule has 0 aromatic carbocycles. The molecule has 2 aliphatic carbocycles. The lowest BCUT2D eigenvalue weighted by atomic mass is 9.78. The molecule has 2 unspecified atom stereocenters. The van der Waals surface area contributed by atoms with E-state index in [1.807, 2.05) is 12.2 Å². The average molecular weight is 393 g/mol. The Balaban J connectivity index is 2.00. The third-order valence-corrected chi connectivity index (χ3v) is 5.89. The van der Waals surface area contributed by atoms with Gasteiger partial charge in [-0.3, -0.25) is 9.59 Å². The number of ketones is 1. The van der Waals surface area contributed by atoms with Gasteiger partial charge in [-0.15, -0.1) is 0 Å². The van der Waals surface area contributed by atoms with Crippen LogP contribution in [0.2, 0.25) is 0 Å². The van der Waals surface area contributed by atoms with E-state index in [1.165, 1.54) is 12.8 Å². The lowest BCUT2D eigenvalue weighted by Gasteiger charge is -2.28. The Morgan fingerprint density at radius 2 is 1.50 bits per heavy atom. The molecule has 1 fully saturated rings. The van der Waals surface area contributed by atoms with Crippen molar-refractivity contribution in [3.8, 4) is 0 Å². The van der Waals surface area contributed by atoms with E-state index in [2.05, 4.69) is 5.32 Å². The van der Waals surface area contributed by atoms with E-state index < -0.39 is 0 Å². The molecule has 3 nitrogen and oxygen atoms in total. The molecule has 0 aromatic heterocycles. The molecule has 0 heterocycles. The number of hydrogen-bond donors (Lipinski definition) is 1. The normalized spacial score (nSPS) is 25.0. The standard InChI is InChI=1S/C18H24Cl3NO2/c19-15(17(20)21)11-16(23)13-9-5-6-10-14(13)18(24)22-12-7-3-1-2-4-8-12/h5-6,12-14H,1-4,7-11H2,(H,22,24). The zero-order valence-corrected chi connectivity index (χ0v) is 16.0. The number of halogens is 3. The van der Waals surface area contributed by atoms with Crippen LogP contribution in [0.25, 0.3) is 0 Å². The van der Waals surface area contributed by atoms with Crippen molar-refractivity contribution >= 4 is 46.5 Å². The zero-order chi connectivity index (χ0) is 17.5. The molecule has 0 saturated heterocycles. The summed E-state index contributed by atoms with van der Waals surface area (Å²) in [5.41, 5.74) is 0. The molecule has 0 radical (unpaired) electrons. The van der Waals surface area contributed by atoms with E-state index in [4.69, 9.17) is 34.8 Å². The van der Waals surface area contributed by atoms with Crippen LogP contribution in [0.15, 0.2) is 21.7 Å². The van der Waals surface area contributed by atoms with Gasteiger partial charge in [0.2, 0.25) is 5.91 Å². The molecule has 2 atom stereocenters. The van der Waals surface area contributed by atoms with Gasteiger partial charge in [0.25, 0.3) is 0 Å². The summed E-state index contributed by atoms with van der Waals surface area (Å²) in [4.78, 5) is 25.2. The predicted molar refractivity (Wildman–Crippen MR) is 99.2 cm³/mol. The van der Waals surface area contributed by atoms with Crippen LogP contribution in [0.1, 0.15) is 57.8 Å². The fourth-order valence-corrected chi connectivity index (χ4v) is 3.81. The number of rotatable bonds is 5. The van der Waals surface area contributed by atoms with Crippen molar-refractivity contribution in [2.75, 3.05) is 0 Å². The van der Waals surface area contributed by atoms with E-state index in [-0.39, 0.29) is 45.5 Å². The molecule has 1 saturated carbocycles. The Bertz CT molecular complexity index is 518. The van der Waals surface area contributed by atoms with Crippen molar-refractivity contribution in [1.29, 1.82) is 0 Å². The number of amides is 1. The SMILES string of the molecule is O=C(CC(Cl)=C(Cl)Cl)C1CC=CCC1C(=O)NC1CCCCCC1. The molecule has 0 spiro atoms. The molecule has 0 bridgehead atoms. The van der Waals surface area contributed by atoms with Crippen LogP contribution in [-0.4, -0.2) is 17.7 Å². The van der Waals surface area contributed by atoms with Crippen molar-refractivity contribution in [2.24, 2.45) is 11.8 Å². The Hall–Kier alpha value is -0.510. The number of nitrogens with one attached hydrogen (secondary N) is 1. The van der Waals surface area contributed by atoms with Gasteiger partial charge in [0.1, 0.15) is 10.3 Å². The van der Waals surface area contributed by atoms with Gasteiger partial charge in [-0.25, -0.2) is 0 Å². The maximum atomic E-state index is 12.7. The first kappa shape index (κ1) is 19.8. The minimum absolute atomic E-state index is 0.0123. The molecule has 0 aromatic rings. The third-order valence-electron chi connectivity index (χ3n) is 4.92. The summed E-state index contributed by atoms with van der Waals surface area (Å²) in [5.74, 6) is -0.780. The highest BCUT2D eigenvalue weighted by Crippen LogP contribution is 2.31.